The fourth-order valence-corrected chi connectivity index (χ4v) is 2.56. The third-order valence-corrected chi connectivity index (χ3v) is 4.09. The second kappa shape index (κ2) is 11.4. The minimum atomic E-state index is 0.700. The molecule has 0 radical (unpaired) electrons. The lowest BCUT2D eigenvalue weighted by molar-refractivity contribution is 0.626. The molecule has 0 spiro atoms. The molecule has 0 aliphatic rings. The van der Waals surface area contributed by atoms with Crippen LogP contribution in [-0.2, 0) is 0 Å². The van der Waals surface area contributed by atoms with Crippen molar-refractivity contribution in [1.29, 1.82) is 0 Å². The largest absolute Gasteiger partial charge is 0.329 e. The zero-order valence-corrected chi connectivity index (χ0v) is 10.7. The molecule has 0 amide bonds. The van der Waals surface area contributed by atoms with E-state index in [0.717, 1.165) is 6.54 Å². The van der Waals surface area contributed by atoms with Crippen molar-refractivity contribution >= 4 is 11.8 Å². The number of hydrogen-bond donors (Lipinski definition) is 1. The SMILES string of the molecule is CCCCCCCCSC(CC)CN. The molecule has 2 heteroatoms. The first-order valence-corrected chi connectivity index (χ1v) is 7.21. The Morgan fingerprint density at radius 3 is 2.21 bits per heavy atom. The van der Waals surface area contributed by atoms with Gasteiger partial charge in [-0.25, -0.2) is 0 Å². The minimum absolute atomic E-state index is 0.700. The van der Waals surface area contributed by atoms with Crippen LogP contribution in [-0.4, -0.2) is 17.5 Å². The third-order valence-electron chi connectivity index (χ3n) is 2.57. The van der Waals surface area contributed by atoms with Gasteiger partial charge in [-0.2, -0.15) is 11.8 Å². The number of unbranched alkanes of at least 4 members (excludes halogenated alkanes) is 5. The Labute approximate surface area is 94.2 Å². The highest BCUT2D eigenvalue weighted by Gasteiger charge is 2.02. The van der Waals surface area contributed by atoms with Crippen molar-refractivity contribution in [3.8, 4) is 0 Å². The molecule has 2 N–H and O–H groups in total. The van der Waals surface area contributed by atoms with Gasteiger partial charge in [-0.15, -0.1) is 0 Å². The van der Waals surface area contributed by atoms with E-state index < -0.39 is 0 Å². The summed E-state index contributed by atoms with van der Waals surface area (Å²) in [5.41, 5.74) is 5.64. The Morgan fingerprint density at radius 1 is 1.00 bits per heavy atom. The van der Waals surface area contributed by atoms with Gasteiger partial charge in [0.1, 0.15) is 0 Å². The zero-order chi connectivity index (χ0) is 10.6. The molecule has 0 aromatic carbocycles. The monoisotopic (exact) mass is 217 g/mol. The first-order valence-electron chi connectivity index (χ1n) is 6.16. The molecular formula is C12H27NS. The molecule has 0 saturated heterocycles. The first kappa shape index (κ1) is 14.3. The number of nitrogens with two attached hydrogens (primary N) is 1. The lowest BCUT2D eigenvalue weighted by atomic mass is 10.1. The Kier molecular flexibility index (Phi) is 11.6. The van der Waals surface area contributed by atoms with E-state index >= 15 is 0 Å². The quantitative estimate of drug-likeness (QED) is 0.563. The molecular weight excluding hydrogens is 190 g/mol. The highest BCUT2D eigenvalue weighted by molar-refractivity contribution is 7.99. The second-order valence-electron chi connectivity index (χ2n) is 3.90. The van der Waals surface area contributed by atoms with Crippen LogP contribution in [0, 0.1) is 0 Å². The van der Waals surface area contributed by atoms with Crippen molar-refractivity contribution in [3.63, 3.8) is 0 Å². The average molecular weight is 217 g/mol. The molecule has 86 valence electrons. The van der Waals surface area contributed by atoms with E-state index in [0.29, 0.717) is 5.25 Å². The van der Waals surface area contributed by atoms with Crippen molar-refractivity contribution in [1.82, 2.24) is 0 Å². The average Bonchev–Trinajstić information content (AvgIpc) is 2.22. The molecule has 0 aromatic heterocycles. The van der Waals surface area contributed by atoms with E-state index in [1.165, 1.54) is 50.7 Å². The van der Waals surface area contributed by atoms with E-state index in [1.807, 2.05) is 0 Å². The van der Waals surface area contributed by atoms with Crippen molar-refractivity contribution < 1.29 is 0 Å². The summed E-state index contributed by atoms with van der Waals surface area (Å²) in [5.74, 6) is 1.31. The third kappa shape index (κ3) is 8.89. The summed E-state index contributed by atoms with van der Waals surface area (Å²) >= 11 is 2.06. The van der Waals surface area contributed by atoms with Crippen LogP contribution in [0.1, 0.15) is 58.8 Å². The lowest BCUT2D eigenvalue weighted by Gasteiger charge is -2.10. The molecule has 0 aliphatic heterocycles. The van der Waals surface area contributed by atoms with Crippen molar-refractivity contribution in [2.75, 3.05) is 12.3 Å². The van der Waals surface area contributed by atoms with Crippen LogP contribution in [0.15, 0.2) is 0 Å². The fourth-order valence-electron chi connectivity index (χ4n) is 1.48. The molecule has 0 rings (SSSR count). The van der Waals surface area contributed by atoms with E-state index in [9.17, 15) is 0 Å². The second-order valence-corrected chi connectivity index (χ2v) is 5.31. The molecule has 0 aromatic rings. The number of rotatable bonds is 10. The summed E-state index contributed by atoms with van der Waals surface area (Å²) in [6.07, 6.45) is 9.62. The Bertz CT molecular complexity index is 102. The summed E-state index contributed by atoms with van der Waals surface area (Å²) in [6.45, 7) is 5.34. The Hall–Kier alpha value is 0.310. The van der Waals surface area contributed by atoms with Gasteiger partial charge in [-0.3, -0.25) is 0 Å². The summed E-state index contributed by atoms with van der Waals surface area (Å²) in [5, 5.41) is 0.700. The van der Waals surface area contributed by atoms with Gasteiger partial charge in [0.05, 0.1) is 0 Å². The highest BCUT2D eigenvalue weighted by atomic mass is 32.2. The zero-order valence-electron chi connectivity index (χ0n) is 9.93. The maximum absolute atomic E-state index is 5.64. The van der Waals surface area contributed by atoms with Crippen LogP contribution in [0.2, 0.25) is 0 Å². The van der Waals surface area contributed by atoms with Crippen molar-refractivity contribution in [2.24, 2.45) is 5.73 Å². The van der Waals surface area contributed by atoms with Crippen LogP contribution >= 0.6 is 11.8 Å². The standard InChI is InChI=1S/C12H27NS/c1-3-5-6-7-8-9-10-14-12(4-2)11-13/h12H,3-11,13H2,1-2H3. The van der Waals surface area contributed by atoms with Gasteiger partial charge in [0, 0.05) is 11.8 Å². The van der Waals surface area contributed by atoms with Crippen molar-refractivity contribution in [3.05, 3.63) is 0 Å². The van der Waals surface area contributed by atoms with Crippen molar-refractivity contribution in [2.45, 2.75) is 64.0 Å². The van der Waals surface area contributed by atoms with Crippen LogP contribution in [0.25, 0.3) is 0 Å². The van der Waals surface area contributed by atoms with Gasteiger partial charge in [0.25, 0.3) is 0 Å². The molecule has 0 fully saturated rings. The predicted molar refractivity (Wildman–Crippen MR) is 69.0 cm³/mol. The molecule has 14 heavy (non-hydrogen) atoms. The number of hydrogen-bond acceptors (Lipinski definition) is 2. The topological polar surface area (TPSA) is 26.0 Å². The van der Waals surface area contributed by atoms with Gasteiger partial charge in [0.2, 0.25) is 0 Å². The van der Waals surface area contributed by atoms with Gasteiger partial charge < -0.3 is 5.73 Å². The summed E-state index contributed by atoms with van der Waals surface area (Å²) in [7, 11) is 0. The molecule has 0 saturated carbocycles. The Morgan fingerprint density at radius 2 is 1.64 bits per heavy atom. The van der Waals surface area contributed by atoms with Gasteiger partial charge in [-0.1, -0.05) is 46.0 Å². The van der Waals surface area contributed by atoms with Crippen LogP contribution in [0.5, 0.6) is 0 Å². The fraction of sp³-hybridized carbons (Fsp3) is 1.00. The maximum Gasteiger partial charge on any atom is 0.0167 e. The van der Waals surface area contributed by atoms with Crippen LogP contribution < -0.4 is 5.73 Å². The van der Waals surface area contributed by atoms with Gasteiger partial charge in [0.15, 0.2) is 0 Å². The predicted octanol–water partition coefficient (Wildman–Crippen LogP) is 3.82. The highest BCUT2D eigenvalue weighted by Crippen LogP contribution is 2.16. The lowest BCUT2D eigenvalue weighted by Crippen LogP contribution is -2.15. The minimum Gasteiger partial charge on any atom is -0.329 e. The molecule has 1 atom stereocenters. The smallest absolute Gasteiger partial charge is 0.0167 e. The van der Waals surface area contributed by atoms with E-state index in [-0.39, 0.29) is 0 Å². The van der Waals surface area contributed by atoms with Gasteiger partial charge in [-0.05, 0) is 18.6 Å². The summed E-state index contributed by atoms with van der Waals surface area (Å²) in [6, 6.07) is 0. The van der Waals surface area contributed by atoms with E-state index in [2.05, 4.69) is 25.6 Å². The molecule has 0 heterocycles. The summed E-state index contributed by atoms with van der Waals surface area (Å²) in [4.78, 5) is 0. The number of thioether (sulfide) groups is 1. The summed E-state index contributed by atoms with van der Waals surface area (Å²) < 4.78 is 0. The van der Waals surface area contributed by atoms with Gasteiger partial charge >= 0.3 is 0 Å². The van der Waals surface area contributed by atoms with E-state index in [1.54, 1.807) is 0 Å². The maximum atomic E-state index is 5.64. The molecule has 1 nitrogen and oxygen atoms in total. The molecule has 1 unspecified atom stereocenters. The molecule has 0 bridgehead atoms. The Balaban J connectivity index is 3.04. The first-order chi connectivity index (χ1) is 6.85. The normalized spacial score (nSPS) is 13.1. The van der Waals surface area contributed by atoms with Crippen LogP contribution in [0.4, 0.5) is 0 Å². The van der Waals surface area contributed by atoms with Crippen LogP contribution in [0.3, 0.4) is 0 Å². The molecule has 0 aliphatic carbocycles. The van der Waals surface area contributed by atoms with E-state index in [4.69, 9.17) is 5.73 Å².